The first-order chi connectivity index (χ1) is 12.7. The molecule has 2 aromatic rings. The lowest BCUT2D eigenvalue weighted by atomic mass is 10.1. The van der Waals surface area contributed by atoms with Crippen LogP contribution in [0.5, 0.6) is 5.75 Å². The molecule has 0 aromatic heterocycles. The molecule has 3 rings (SSSR count). The van der Waals surface area contributed by atoms with E-state index in [0.29, 0.717) is 29.2 Å². The molecule has 136 valence electrons. The van der Waals surface area contributed by atoms with Crippen LogP contribution in [0.4, 0.5) is 5.69 Å². The van der Waals surface area contributed by atoms with E-state index < -0.39 is 5.97 Å². The maximum absolute atomic E-state index is 12.5. The molecule has 1 saturated heterocycles. The fraction of sp³-hybridized carbons (Fsp3) is 0.300. The third-order valence-electron chi connectivity index (χ3n) is 4.10. The molecule has 0 unspecified atom stereocenters. The molecule has 1 N–H and O–H groups in total. The Kier molecular flexibility index (Phi) is 5.86. The second-order valence-electron chi connectivity index (χ2n) is 6.00. The summed E-state index contributed by atoms with van der Waals surface area (Å²) in [6.45, 7) is 1.26. The topological polar surface area (TPSA) is 73.9 Å². The summed E-state index contributed by atoms with van der Waals surface area (Å²) in [5, 5.41) is 2.78. The highest BCUT2D eigenvalue weighted by atomic mass is 16.5. The van der Waals surface area contributed by atoms with Crippen LogP contribution in [0.25, 0.3) is 0 Å². The summed E-state index contributed by atoms with van der Waals surface area (Å²) in [4.78, 5) is 24.1. The highest BCUT2D eigenvalue weighted by molar-refractivity contribution is 6.05. The first-order valence-electron chi connectivity index (χ1n) is 8.50. The summed E-state index contributed by atoms with van der Waals surface area (Å²) in [5.41, 5.74) is 1.36. The highest BCUT2D eigenvalue weighted by Crippen LogP contribution is 2.19. The minimum Gasteiger partial charge on any atom is -0.491 e. The smallest absolute Gasteiger partial charge is 0.337 e. The van der Waals surface area contributed by atoms with Gasteiger partial charge < -0.3 is 19.5 Å². The number of nitrogens with one attached hydrogen (secondary N) is 1. The molecule has 26 heavy (non-hydrogen) atoms. The van der Waals surface area contributed by atoms with Crippen LogP contribution in [0.2, 0.25) is 0 Å². The number of carbonyl (C=O) groups is 2. The van der Waals surface area contributed by atoms with E-state index in [1.165, 1.54) is 7.11 Å². The molecule has 0 spiro atoms. The quantitative estimate of drug-likeness (QED) is 0.805. The standard InChI is InChI=1S/C20H21NO5/c1-24-20(23)15-6-2-7-16(11-15)21-19(22)14-5-3-8-17(12-14)26-13-18-9-4-10-25-18/h2-3,5-8,11-12,18H,4,9-10,13H2,1H3,(H,21,22)/t18-/m0/s1. The number of esters is 1. The largest absolute Gasteiger partial charge is 0.491 e. The Bertz CT molecular complexity index is 783. The van der Waals surface area contributed by atoms with Gasteiger partial charge in [-0.2, -0.15) is 0 Å². The van der Waals surface area contributed by atoms with Gasteiger partial charge in [-0.15, -0.1) is 0 Å². The van der Waals surface area contributed by atoms with Crippen molar-refractivity contribution < 1.29 is 23.8 Å². The monoisotopic (exact) mass is 355 g/mol. The average Bonchev–Trinajstić information content (AvgIpc) is 3.20. The SMILES string of the molecule is COC(=O)c1cccc(NC(=O)c2cccc(OC[C@@H]3CCCO3)c2)c1. The minimum atomic E-state index is -0.453. The van der Waals surface area contributed by atoms with Crippen molar-refractivity contribution in [2.24, 2.45) is 0 Å². The number of hydrogen-bond acceptors (Lipinski definition) is 5. The Morgan fingerprint density at radius 3 is 2.73 bits per heavy atom. The van der Waals surface area contributed by atoms with Gasteiger partial charge in [0.2, 0.25) is 0 Å². The van der Waals surface area contributed by atoms with Gasteiger partial charge in [0.15, 0.2) is 0 Å². The molecule has 1 aliphatic heterocycles. The van der Waals surface area contributed by atoms with Crippen LogP contribution in [0.3, 0.4) is 0 Å². The lowest BCUT2D eigenvalue weighted by Crippen LogP contribution is -2.17. The van der Waals surface area contributed by atoms with E-state index in [2.05, 4.69) is 10.1 Å². The lowest BCUT2D eigenvalue weighted by molar-refractivity contribution is 0.0600. The van der Waals surface area contributed by atoms with Crippen LogP contribution < -0.4 is 10.1 Å². The minimum absolute atomic E-state index is 0.119. The molecule has 6 heteroatoms. The third kappa shape index (κ3) is 4.61. The van der Waals surface area contributed by atoms with Crippen LogP contribution in [0, 0.1) is 0 Å². The third-order valence-corrected chi connectivity index (χ3v) is 4.10. The van der Waals surface area contributed by atoms with Gasteiger partial charge in [-0.05, 0) is 49.2 Å². The highest BCUT2D eigenvalue weighted by Gasteiger charge is 2.16. The zero-order chi connectivity index (χ0) is 18.4. The van der Waals surface area contributed by atoms with Gasteiger partial charge in [0, 0.05) is 17.9 Å². The Morgan fingerprint density at radius 2 is 1.96 bits per heavy atom. The molecule has 6 nitrogen and oxygen atoms in total. The molecule has 0 bridgehead atoms. The van der Waals surface area contributed by atoms with Crippen LogP contribution >= 0.6 is 0 Å². The fourth-order valence-corrected chi connectivity index (χ4v) is 2.74. The number of methoxy groups -OCH3 is 1. The van der Waals surface area contributed by atoms with E-state index in [4.69, 9.17) is 9.47 Å². The molecular weight excluding hydrogens is 334 g/mol. The van der Waals surface area contributed by atoms with Crippen LogP contribution in [0.1, 0.15) is 33.6 Å². The average molecular weight is 355 g/mol. The van der Waals surface area contributed by atoms with Crippen molar-refractivity contribution in [1.29, 1.82) is 0 Å². The summed E-state index contributed by atoms with van der Waals surface area (Å²) in [7, 11) is 1.32. The van der Waals surface area contributed by atoms with Crippen LogP contribution in [0.15, 0.2) is 48.5 Å². The number of amides is 1. The van der Waals surface area contributed by atoms with E-state index in [-0.39, 0.29) is 12.0 Å². The van der Waals surface area contributed by atoms with Gasteiger partial charge in [-0.3, -0.25) is 4.79 Å². The van der Waals surface area contributed by atoms with Gasteiger partial charge in [0.1, 0.15) is 12.4 Å². The number of benzene rings is 2. The second-order valence-corrected chi connectivity index (χ2v) is 6.00. The van der Waals surface area contributed by atoms with Crippen molar-refractivity contribution in [2.45, 2.75) is 18.9 Å². The van der Waals surface area contributed by atoms with E-state index in [0.717, 1.165) is 19.4 Å². The van der Waals surface area contributed by atoms with Crippen molar-refractivity contribution in [1.82, 2.24) is 0 Å². The maximum atomic E-state index is 12.5. The van der Waals surface area contributed by atoms with Crippen molar-refractivity contribution >= 4 is 17.6 Å². The fourth-order valence-electron chi connectivity index (χ4n) is 2.74. The number of carbonyl (C=O) groups excluding carboxylic acids is 2. The van der Waals surface area contributed by atoms with Gasteiger partial charge in [0.25, 0.3) is 5.91 Å². The van der Waals surface area contributed by atoms with Gasteiger partial charge >= 0.3 is 5.97 Å². The molecule has 1 heterocycles. The zero-order valence-electron chi connectivity index (χ0n) is 14.6. The van der Waals surface area contributed by atoms with Crippen molar-refractivity contribution in [3.05, 3.63) is 59.7 Å². The molecule has 1 atom stereocenters. The number of hydrogen-bond donors (Lipinski definition) is 1. The van der Waals surface area contributed by atoms with Crippen LogP contribution in [-0.4, -0.2) is 38.3 Å². The Labute approximate surface area is 152 Å². The Morgan fingerprint density at radius 1 is 1.15 bits per heavy atom. The number of anilines is 1. The first kappa shape index (κ1) is 17.9. The molecular formula is C20H21NO5. The van der Waals surface area contributed by atoms with E-state index in [1.807, 2.05) is 6.07 Å². The maximum Gasteiger partial charge on any atom is 0.337 e. The molecule has 1 aliphatic rings. The molecule has 1 fully saturated rings. The molecule has 2 aromatic carbocycles. The molecule has 0 radical (unpaired) electrons. The normalized spacial score (nSPS) is 16.1. The second kappa shape index (κ2) is 8.49. The molecule has 0 aliphatic carbocycles. The van der Waals surface area contributed by atoms with Gasteiger partial charge in [-0.1, -0.05) is 12.1 Å². The molecule has 1 amide bonds. The summed E-state index contributed by atoms with van der Waals surface area (Å²) >= 11 is 0. The molecule has 0 saturated carbocycles. The van der Waals surface area contributed by atoms with Crippen molar-refractivity contribution in [3.8, 4) is 5.75 Å². The predicted molar refractivity (Wildman–Crippen MR) is 96.6 cm³/mol. The summed E-state index contributed by atoms with van der Waals surface area (Å²) in [5.74, 6) is -0.114. The predicted octanol–water partition coefficient (Wildman–Crippen LogP) is 3.28. The van der Waals surface area contributed by atoms with Crippen molar-refractivity contribution in [3.63, 3.8) is 0 Å². The number of rotatable bonds is 6. The van der Waals surface area contributed by atoms with Crippen molar-refractivity contribution in [2.75, 3.05) is 25.6 Å². The zero-order valence-corrected chi connectivity index (χ0v) is 14.6. The van der Waals surface area contributed by atoms with Crippen LogP contribution in [-0.2, 0) is 9.47 Å². The lowest BCUT2D eigenvalue weighted by Gasteiger charge is -2.12. The number of ether oxygens (including phenoxy) is 3. The first-order valence-corrected chi connectivity index (χ1v) is 8.50. The van der Waals surface area contributed by atoms with E-state index >= 15 is 0 Å². The summed E-state index contributed by atoms with van der Waals surface area (Å²) < 4.78 is 15.9. The van der Waals surface area contributed by atoms with Gasteiger partial charge in [-0.25, -0.2) is 4.79 Å². The summed E-state index contributed by atoms with van der Waals surface area (Å²) in [6, 6.07) is 13.6. The Hall–Kier alpha value is -2.86. The van der Waals surface area contributed by atoms with E-state index in [1.54, 1.807) is 42.5 Å². The van der Waals surface area contributed by atoms with E-state index in [9.17, 15) is 9.59 Å². The Balaban J connectivity index is 1.64. The van der Waals surface area contributed by atoms with Gasteiger partial charge in [0.05, 0.1) is 18.8 Å². The summed E-state index contributed by atoms with van der Waals surface area (Å²) in [6.07, 6.45) is 2.17.